The van der Waals surface area contributed by atoms with E-state index in [0.717, 1.165) is 23.5 Å². The molecule has 0 aromatic heterocycles. The van der Waals surface area contributed by atoms with Crippen molar-refractivity contribution in [1.82, 2.24) is 5.32 Å². The van der Waals surface area contributed by atoms with Gasteiger partial charge in [0.1, 0.15) is 0 Å². The normalized spacial score (nSPS) is 41.8. The van der Waals surface area contributed by atoms with Crippen molar-refractivity contribution < 1.29 is 8.95 Å². The first-order valence-corrected chi connectivity index (χ1v) is 9.65. The van der Waals surface area contributed by atoms with Crippen molar-refractivity contribution in [2.45, 2.75) is 44.6 Å². The molecule has 1 N–H and O–H groups in total. The van der Waals surface area contributed by atoms with Crippen molar-refractivity contribution >= 4 is 10.8 Å². The molecule has 4 aliphatic carbocycles. The lowest BCUT2D eigenvalue weighted by Crippen LogP contribution is -2.57. The summed E-state index contributed by atoms with van der Waals surface area (Å²) in [5.74, 6) is 4.38. The third-order valence-corrected chi connectivity index (χ3v) is 7.37. The van der Waals surface area contributed by atoms with Crippen molar-refractivity contribution in [3.05, 3.63) is 0 Å². The molecule has 2 unspecified atom stereocenters. The van der Waals surface area contributed by atoms with Crippen LogP contribution in [0.3, 0.4) is 0 Å². The van der Waals surface area contributed by atoms with Crippen molar-refractivity contribution in [3.63, 3.8) is 0 Å². The average Bonchev–Trinajstić information content (AvgIpc) is 2.40. The number of rotatable bonds is 7. The number of nitrogens with one attached hydrogen (secondary N) is 1. The largest absolute Gasteiger partial charge is 0.384 e. The molecule has 4 rings (SSSR count). The molecule has 0 saturated heterocycles. The van der Waals surface area contributed by atoms with Gasteiger partial charge >= 0.3 is 0 Å². The summed E-state index contributed by atoms with van der Waals surface area (Å²) in [4.78, 5) is 0. The minimum Gasteiger partial charge on any atom is -0.384 e. The first kappa shape index (κ1) is 15.0. The Kier molecular flexibility index (Phi) is 4.54. The number of hydrogen-bond donors (Lipinski definition) is 1. The van der Waals surface area contributed by atoms with Gasteiger partial charge in [0.2, 0.25) is 0 Å². The van der Waals surface area contributed by atoms with Gasteiger partial charge in [-0.25, -0.2) is 0 Å². The van der Waals surface area contributed by atoms with E-state index in [-0.39, 0.29) is 0 Å². The Morgan fingerprint density at radius 3 is 2.20 bits per heavy atom. The van der Waals surface area contributed by atoms with E-state index in [4.69, 9.17) is 4.74 Å². The molecular weight excluding hydrogens is 270 g/mol. The van der Waals surface area contributed by atoms with E-state index in [1.807, 2.05) is 0 Å². The van der Waals surface area contributed by atoms with Gasteiger partial charge in [0.05, 0.1) is 6.61 Å². The van der Waals surface area contributed by atoms with E-state index >= 15 is 0 Å². The molecule has 0 aliphatic heterocycles. The number of ether oxygens (including phenoxy) is 1. The Balaban J connectivity index is 1.67. The molecule has 4 fully saturated rings. The number of hydrogen-bond acceptors (Lipinski definition) is 3. The minimum absolute atomic E-state index is 0.439. The van der Waals surface area contributed by atoms with E-state index in [1.54, 1.807) is 7.11 Å². The summed E-state index contributed by atoms with van der Waals surface area (Å²) in [6, 6.07) is 0.439. The summed E-state index contributed by atoms with van der Waals surface area (Å²) in [5.41, 5.74) is 0.451. The van der Waals surface area contributed by atoms with Crippen LogP contribution in [0.4, 0.5) is 0 Å². The molecule has 0 radical (unpaired) electrons. The molecule has 2 atom stereocenters. The van der Waals surface area contributed by atoms with Gasteiger partial charge in [-0.05, 0) is 68.7 Å². The zero-order valence-corrected chi connectivity index (χ0v) is 13.7. The zero-order chi connectivity index (χ0) is 14.2. The van der Waals surface area contributed by atoms with Crippen LogP contribution in [0.2, 0.25) is 0 Å². The zero-order valence-electron chi connectivity index (χ0n) is 12.9. The second-order valence-corrected chi connectivity index (χ2v) is 9.05. The first-order chi connectivity index (χ1) is 9.65. The van der Waals surface area contributed by atoms with Gasteiger partial charge in [-0.1, -0.05) is 0 Å². The molecule has 4 saturated carbocycles. The summed E-state index contributed by atoms with van der Waals surface area (Å²) in [6.45, 7) is 0.615. The SMILES string of the molecule is CNC(CS(=O)CCOC)C12CC3CC(CC(C3)C1)C2. The fourth-order valence-corrected chi connectivity index (χ4v) is 7.03. The molecule has 0 aromatic carbocycles. The molecule has 3 nitrogen and oxygen atoms in total. The molecule has 0 heterocycles. The minimum atomic E-state index is -0.750. The maximum atomic E-state index is 12.3. The van der Waals surface area contributed by atoms with Crippen molar-refractivity contribution in [2.24, 2.45) is 23.2 Å². The Labute approximate surface area is 125 Å². The smallest absolute Gasteiger partial charge is 0.0577 e. The predicted molar refractivity (Wildman–Crippen MR) is 83.2 cm³/mol. The van der Waals surface area contributed by atoms with Crippen LogP contribution in [0.1, 0.15) is 38.5 Å². The standard InChI is InChI=1S/C16H29NO2S/c1-17-15(11-20(18)4-3-19-2)16-8-12-5-13(9-16)7-14(6-12)10-16/h12-15,17H,3-11H2,1-2H3. The Bertz CT molecular complexity index is 336. The quantitative estimate of drug-likeness (QED) is 0.783. The fourth-order valence-electron chi connectivity index (χ4n) is 5.62. The molecule has 20 heavy (non-hydrogen) atoms. The molecule has 0 aromatic rings. The van der Waals surface area contributed by atoms with Crippen LogP contribution in [0, 0.1) is 23.2 Å². The Hall–Kier alpha value is 0.0700. The lowest BCUT2D eigenvalue weighted by atomic mass is 9.48. The number of methoxy groups -OCH3 is 1. The van der Waals surface area contributed by atoms with Gasteiger partial charge in [-0.15, -0.1) is 0 Å². The molecular formula is C16H29NO2S. The first-order valence-electron chi connectivity index (χ1n) is 8.16. The van der Waals surface area contributed by atoms with Gasteiger partial charge in [0.15, 0.2) is 0 Å². The van der Waals surface area contributed by atoms with Crippen LogP contribution < -0.4 is 5.32 Å². The average molecular weight is 299 g/mol. The van der Waals surface area contributed by atoms with E-state index in [9.17, 15) is 4.21 Å². The van der Waals surface area contributed by atoms with Gasteiger partial charge < -0.3 is 10.1 Å². The lowest BCUT2D eigenvalue weighted by Gasteiger charge is -2.59. The summed E-state index contributed by atoms with van der Waals surface area (Å²) < 4.78 is 17.3. The monoisotopic (exact) mass is 299 g/mol. The van der Waals surface area contributed by atoms with E-state index < -0.39 is 10.8 Å². The van der Waals surface area contributed by atoms with Gasteiger partial charge in [0, 0.05) is 35.5 Å². The van der Waals surface area contributed by atoms with E-state index in [1.165, 1.54) is 38.5 Å². The van der Waals surface area contributed by atoms with Crippen molar-refractivity contribution in [3.8, 4) is 0 Å². The Morgan fingerprint density at radius 1 is 1.20 bits per heavy atom. The third-order valence-electron chi connectivity index (χ3n) is 6.04. The van der Waals surface area contributed by atoms with E-state index in [0.29, 0.717) is 23.8 Å². The van der Waals surface area contributed by atoms with Gasteiger partial charge in [-0.2, -0.15) is 0 Å². The second-order valence-electron chi connectivity index (χ2n) is 7.42. The maximum absolute atomic E-state index is 12.3. The van der Waals surface area contributed by atoms with Gasteiger partial charge in [-0.3, -0.25) is 4.21 Å². The summed E-state index contributed by atoms with van der Waals surface area (Å²) in [6.07, 6.45) is 8.57. The fraction of sp³-hybridized carbons (Fsp3) is 1.00. The summed E-state index contributed by atoms with van der Waals surface area (Å²) in [5, 5.41) is 3.53. The molecule has 0 amide bonds. The summed E-state index contributed by atoms with van der Waals surface area (Å²) in [7, 11) is 3.00. The second kappa shape index (κ2) is 6.05. The lowest BCUT2D eigenvalue weighted by molar-refractivity contribution is -0.0683. The molecule has 4 heteroatoms. The van der Waals surface area contributed by atoms with Crippen LogP contribution >= 0.6 is 0 Å². The third kappa shape index (κ3) is 2.84. The molecule has 116 valence electrons. The molecule has 4 bridgehead atoms. The summed E-state index contributed by atoms with van der Waals surface area (Å²) >= 11 is 0. The highest BCUT2D eigenvalue weighted by Gasteiger charge is 2.53. The highest BCUT2D eigenvalue weighted by atomic mass is 32.2. The van der Waals surface area contributed by atoms with Crippen LogP contribution in [-0.4, -0.2) is 42.5 Å². The van der Waals surface area contributed by atoms with E-state index in [2.05, 4.69) is 12.4 Å². The Morgan fingerprint density at radius 2 is 1.75 bits per heavy atom. The van der Waals surface area contributed by atoms with Crippen LogP contribution in [0.25, 0.3) is 0 Å². The molecule has 0 spiro atoms. The van der Waals surface area contributed by atoms with Crippen LogP contribution in [0.15, 0.2) is 0 Å². The van der Waals surface area contributed by atoms with Crippen LogP contribution in [0.5, 0.6) is 0 Å². The topological polar surface area (TPSA) is 38.3 Å². The van der Waals surface area contributed by atoms with Crippen molar-refractivity contribution in [1.29, 1.82) is 0 Å². The van der Waals surface area contributed by atoms with Gasteiger partial charge in [0.25, 0.3) is 0 Å². The van der Waals surface area contributed by atoms with Crippen LogP contribution in [-0.2, 0) is 15.5 Å². The predicted octanol–water partition coefficient (Wildman–Crippen LogP) is 2.19. The van der Waals surface area contributed by atoms with Crippen molar-refractivity contribution in [2.75, 3.05) is 32.3 Å². The molecule has 4 aliphatic rings. The highest BCUT2D eigenvalue weighted by molar-refractivity contribution is 7.85. The highest BCUT2D eigenvalue weighted by Crippen LogP contribution is 2.61. The maximum Gasteiger partial charge on any atom is 0.0577 e.